The summed E-state index contributed by atoms with van der Waals surface area (Å²) in [4.78, 5) is 8.63. The van der Waals surface area contributed by atoms with Crippen LogP contribution in [0.5, 0.6) is 5.75 Å². The molecule has 0 fully saturated rings. The second-order valence-corrected chi connectivity index (χ2v) is 7.47. The van der Waals surface area contributed by atoms with Gasteiger partial charge in [0.05, 0.1) is 18.3 Å². The van der Waals surface area contributed by atoms with E-state index in [2.05, 4.69) is 25.3 Å². The molecule has 3 rings (SSSR count). The number of alkyl halides is 3. The maximum Gasteiger partial charge on any atom is 0.573 e. The summed E-state index contributed by atoms with van der Waals surface area (Å²) in [6.45, 7) is 3.53. The van der Waals surface area contributed by atoms with Crippen LogP contribution in [-0.4, -0.2) is 34.1 Å². The third kappa shape index (κ3) is 6.75. The molecule has 11 heteroatoms. The fourth-order valence-electron chi connectivity index (χ4n) is 2.89. The van der Waals surface area contributed by atoms with Gasteiger partial charge < -0.3 is 20.5 Å². The van der Waals surface area contributed by atoms with Crippen molar-refractivity contribution in [1.29, 1.82) is 0 Å². The summed E-state index contributed by atoms with van der Waals surface area (Å²) in [5.74, 6) is -2.27. The predicted molar refractivity (Wildman–Crippen MR) is 113 cm³/mol. The highest BCUT2D eigenvalue weighted by molar-refractivity contribution is 5.68. The van der Waals surface area contributed by atoms with Crippen LogP contribution >= 0.6 is 0 Å². The van der Waals surface area contributed by atoms with Crippen LogP contribution in [0.4, 0.5) is 39.4 Å². The van der Waals surface area contributed by atoms with Crippen LogP contribution in [0.2, 0.25) is 0 Å². The van der Waals surface area contributed by atoms with Crippen molar-refractivity contribution in [3.8, 4) is 17.0 Å². The Morgan fingerprint density at radius 1 is 1.00 bits per heavy atom. The van der Waals surface area contributed by atoms with Crippen LogP contribution in [0.3, 0.4) is 0 Å². The molecule has 6 nitrogen and oxygen atoms in total. The molecule has 0 bridgehead atoms. The van der Waals surface area contributed by atoms with Crippen molar-refractivity contribution in [3.05, 3.63) is 60.2 Å². The molecule has 3 aromatic rings. The van der Waals surface area contributed by atoms with Gasteiger partial charge >= 0.3 is 6.36 Å². The number of aromatic nitrogens is 2. The van der Waals surface area contributed by atoms with Gasteiger partial charge in [-0.15, -0.1) is 13.2 Å². The fraction of sp³-hybridized carbons (Fsp3) is 0.273. The number of anilines is 3. The Balaban J connectivity index is 2.01. The summed E-state index contributed by atoms with van der Waals surface area (Å²) in [6, 6.07) is 9.42. The van der Waals surface area contributed by atoms with Gasteiger partial charge in [-0.05, 0) is 30.2 Å². The molecule has 0 unspecified atom stereocenters. The normalized spacial score (nSPS) is 12.5. The van der Waals surface area contributed by atoms with E-state index in [9.17, 15) is 27.1 Å². The minimum absolute atomic E-state index is 0.00775. The zero-order valence-electron chi connectivity index (χ0n) is 17.6. The summed E-state index contributed by atoms with van der Waals surface area (Å²) in [5, 5.41) is 15.4. The number of benzene rings is 2. The Kier molecular flexibility index (Phi) is 7.32. The smallest absolute Gasteiger partial charge is 0.406 e. The molecule has 3 N–H and O–H groups in total. The van der Waals surface area contributed by atoms with E-state index in [0.29, 0.717) is 5.56 Å². The van der Waals surface area contributed by atoms with Gasteiger partial charge in [0.15, 0.2) is 11.6 Å². The van der Waals surface area contributed by atoms with Crippen LogP contribution in [0, 0.1) is 17.6 Å². The average molecular weight is 468 g/mol. The van der Waals surface area contributed by atoms with Gasteiger partial charge in [-0.3, -0.25) is 0 Å². The number of halogens is 5. The number of nitrogens with one attached hydrogen (secondary N) is 2. The summed E-state index contributed by atoms with van der Waals surface area (Å²) in [6.07, 6.45) is -4.86. The van der Waals surface area contributed by atoms with Crippen molar-refractivity contribution < 1.29 is 31.8 Å². The number of aliphatic hydroxyl groups is 1. The minimum Gasteiger partial charge on any atom is -0.406 e. The molecule has 2 aromatic carbocycles. The number of nitrogens with zero attached hydrogens (tertiary/aromatic N) is 2. The second kappa shape index (κ2) is 9.99. The molecule has 0 saturated heterocycles. The number of aliphatic hydroxyl groups excluding tert-OH is 1. The molecule has 0 aliphatic heterocycles. The average Bonchev–Trinajstić information content (AvgIpc) is 2.73. The Morgan fingerprint density at radius 3 is 2.39 bits per heavy atom. The fourth-order valence-corrected chi connectivity index (χ4v) is 2.89. The van der Waals surface area contributed by atoms with Gasteiger partial charge in [0.1, 0.15) is 11.6 Å². The third-order valence-electron chi connectivity index (χ3n) is 4.60. The monoisotopic (exact) mass is 468 g/mol. The lowest BCUT2D eigenvalue weighted by Gasteiger charge is -2.21. The lowest BCUT2D eigenvalue weighted by Crippen LogP contribution is -2.30. The van der Waals surface area contributed by atoms with E-state index in [4.69, 9.17) is 0 Å². The van der Waals surface area contributed by atoms with E-state index in [1.807, 2.05) is 13.8 Å². The first-order valence-corrected chi connectivity index (χ1v) is 9.89. The highest BCUT2D eigenvalue weighted by Crippen LogP contribution is 2.29. The Morgan fingerprint density at radius 2 is 1.76 bits per heavy atom. The molecule has 0 aliphatic rings. The number of ether oxygens (including phenoxy) is 1. The lowest BCUT2D eigenvalue weighted by atomic mass is 10.1. The molecule has 176 valence electrons. The van der Waals surface area contributed by atoms with Crippen LogP contribution < -0.4 is 15.4 Å². The molecule has 1 heterocycles. The Bertz CT molecular complexity index is 1110. The van der Waals surface area contributed by atoms with Crippen molar-refractivity contribution >= 4 is 17.5 Å². The van der Waals surface area contributed by atoms with Crippen LogP contribution in [0.25, 0.3) is 11.3 Å². The maximum atomic E-state index is 13.6. The lowest BCUT2D eigenvalue weighted by molar-refractivity contribution is -0.274. The summed E-state index contributed by atoms with van der Waals surface area (Å²) < 4.78 is 68.7. The molecule has 0 aliphatic carbocycles. The molecule has 1 atom stereocenters. The van der Waals surface area contributed by atoms with Gasteiger partial charge in [0, 0.05) is 23.4 Å². The maximum absolute atomic E-state index is 13.6. The third-order valence-corrected chi connectivity index (χ3v) is 4.60. The number of rotatable bonds is 8. The number of hydrogen-bond acceptors (Lipinski definition) is 6. The quantitative estimate of drug-likeness (QED) is 0.380. The Labute approximate surface area is 186 Å². The minimum atomic E-state index is -4.86. The molecular formula is C22H21F5N4O2. The topological polar surface area (TPSA) is 79.3 Å². The molecular weight excluding hydrogens is 447 g/mol. The predicted octanol–water partition coefficient (Wildman–Crippen LogP) is 5.49. The van der Waals surface area contributed by atoms with Gasteiger partial charge in [0.25, 0.3) is 0 Å². The van der Waals surface area contributed by atoms with Crippen molar-refractivity contribution in [2.24, 2.45) is 5.92 Å². The van der Waals surface area contributed by atoms with Crippen molar-refractivity contribution in [3.63, 3.8) is 0 Å². The van der Waals surface area contributed by atoms with Crippen LogP contribution in [-0.2, 0) is 0 Å². The molecule has 0 spiro atoms. The second-order valence-electron chi connectivity index (χ2n) is 7.47. The van der Waals surface area contributed by atoms with E-state index >= 15 is 0 Å². The van der Waals surface area contributed by atoms with E-state index in [1.54, 1.807) is 0 Å². The van der Waals surface area contributed by atoms with Crippen molar-refractivity contribution in [2.45, 2.75) is 26.3 Å². The van der Waals surface area contributed by atoms with Gasteiger partial charge in [-0.1, -0.05) is 26.0 Å². The Hall–Kier alpha value is -3.47. The van der Waals surface area contributed by atoms with Crippen molar-refractivity contribution in [2.75, 3.05) is 17.2 Å². The van der Waals surface area contributed by atoms with E-state index in [1.165, 1.54) is 24.3 Å². The summed E-state index contributed by atoms with van der Waals surface area (Å²) in [5.41, 5.74) is 0.715. The van der Waals surface area contributed by atoms with Crippen LogP contribution in [0.1, 0.15) is 13.8 Å². The largest absolute Gasteiger partial charge is 0.573 e. The van der Waals surface area contributed by atoms with E-state index in [-0.39, 0.29) is 35.7 Å². The number of hydrogen-bond donors (Lipinski definition) is 3. The zero-order valence-corrected chi connectivity index (χ0v) is 17.6. The van der Waals surface area contributed by atoms with Gasteiger partial charge in [-0.2, -0.15) is 4.98 Å². The first-order chi connectivity index (χ1) is 15.5. The molecule has 0 saturated carbocycles. The zero-order chi connectivity index (χ0) is 24.2. The summed E-state index contributed by atoms with van der Waals surface area (Å²) in [7, 11) is 0. The first kappa shape index (κ1) is 24.2. The van der Waals surface area contributed by atoms with Gasteiger partial charge in [-0.25, -0.2) is 13.8 Å². The van der Waals surface area contributed by atoms with E-state index in [0.717, 1.165) is 24.3 Å². The SMILES string of the molecule is CC(C)[C@H](CO)Nc1nc(Nc2ccc(F)c(F)c2)cc(-c2cccc(OC(F)(F)F)c2)n1. The highest BCUT2D eigenvalue weighted by atomic mass is 19.4. The molecule has 0 amide bonds. The summed E-state index contributed by atoms with van der Waals surface area (Å²) >= 11 is 0. The standard InChI is InChI=1S/C22H21F5N4O2/c1-12(2)19(11-32)30-21-29-18(13-4-3-5-15(8-13)33-22(25,26)27)10-20(31-21)28-14-6-7-16(23)17(24)9-14/h3-10,12,19,32H,11H2,1-2H3,(H2,28,29,30,31)/t19-/m0/s1. The molecule has 0 radical (unpaired) electrons. The molecule has 1 aromatic heterocycles. The highest BCUT2D eigenvalue weighted by Gasteiger charge is 2.31. The van der Waals surface area contributed by atoms with Crippen LogP contribution in [0.15, 0.2) is 48.5 Å². The van der Waals surface area contributed by atoms with E-state index < -0.39 is 29.8 Å². The van der Waals surface area contributed by atoms with Gasteiger partial charge in [0.2, 0.25) is 5.95 Å². The first-order valence-electron chi connectivity index (χ1n) is 9.89. The van der Waals surface area contributed by atoms with Crippen molar-refractivity contribution in [1.82, 2.24) is 9.97 Å². The molecule has 33 heavy (non-hydrogen) atoms.